The minimum atomic E-state index is -0.174. The third kappa shape index (κ3) is 2.61. The van der Waals surface area contributed by atoms with Crippen molar-refractivity contribution in [3.63, 3.8) is 0 Å². The van der Waals surface area contributed by atoms with Gasteiger partial charge in [0.1, 0.15) is 10.5 Å². The summed E-state index contributed by atoms with van der Waals surface area (Å²) >= 11 is 5.38. The zero-order valence-electron chi connectivity index (χ0n) is 11.9. The zero-order chi connectivity index (χ0) is 14.0. The van der Waals surface area contributed by atoms with E-state index in [0.29, 0.717) is 4.64 Å². The Morgan fingerprint density at radius 2 is 1.84 bits per heavy atom. The number of nitrogens with zero attached hydrogens (tertiary/aromatic N) is 1. The van der Waals surface area contributed by atoms with Crippen LogP contribution in [-0.2, 0) is 11.8 Å². The third-order valence-electron chi connectivity index (χ3n) is 3.70. The molecular weight excluding hydrogens is 252 g/mol. The lowest BCUT2D eigenvalue weighted by Crippen LogP contribution is -2.23. The predicted molar refractivity (Wildman–Crippen MR) is 82.1 cm³/mol. The Kier molecular flexibility index (Phi) is 3.85. The first-order valence-corrected chi connectivity index (χ1v) is 7.03. The SMILES string of the molecule is CCc1[nH]c(C(C)(C)c2ccccc2)nc(=S)c1C. The van der Waals surface area contributed by atoms with Crippen molar-refractivity contribution in [1.82, 2.24) is 9.97 Å². The summed E-state index contributed by atoms with van der Waals surface area (Å²) in [5.41, 5.74) is 3.33. The van der Waals surface area contributed by atoms with E-state index in [1.54, 1.807) is 0 Å². The lowest BCUT2D eigenvalue weighted by atomic mass is 9.83. The Morgan fingerprint density at radius 3 is 2.42 bits per heavy atom. The molecule has 0 spiro atoms. The number of aromatic nitrogens is 2. The van der Waals surface area contributed by atoms with Gasteiger partial charge in [0.05, 0.1) is 0 Å². The van der Waals surface area contributed by atoms with Crippen LogP contribution in [0.2, 0.25) is 0 Å². The summed E-state index contributed by atoms with van der Waals surface area (Å²) in [6.07, 6.45) is 0.940. The van der Waals surface area contributed by atoms with E-state index < -0.39 is 0 Å². The molecule has 1 aromatic carbocycles. The quantitative estimate of drug-likeness (QED) is 0.842. The van der Waals surface area contributed by atoms with Crippen LogP contribution in [0.1, 0.15) is 43.4 Å². The fraction of sp³-hybridized carbons (Fsp3) is 0.375. The lowest BCUT2D eigenvalue weighted by Gasteiger charge is -2.25. The van der Waals surface area contributed by atoms with E-state index >= 15 is 0 Å². The summed E-state index contributed by atoms with van der Waals surface area (Å²) < 4.78 is 0.703. The molecule has 3 heteroatoms. The van der Waals surface area contributed by atoms with Gasteiger partial charge in [-0.1, -0.05) is 49.5 Å². The molecule has 0 unspecified atom stereocenters. The van der Waals surface area contributed by atoms with Crippen molar-refractivity contribution in [1.29, 1.82) is 0 Å². The van der Waals surface area contributed by atoms with Gasteiger partial charge in [-0.3, -0.25) is 0 Å². The Balaban J connectivity index is 2.59. The number of aromatic amines is 1. The maximum absolute atomic E-state index is 5.38. The highest BCUT2D eigenvalue weighted by Crippen LogP contribution is 2.29. The first-order chi connectivity index (χ1) is 8.96. The molecule has 2 nitrogen and oxygen atoms in total. The second kappa shape index (κ2) is 5.25. The molecule has 2 aromatic rings. The molecule has 0 atom stereocenters. The van der Waals surface area contributed by atoms with Crippen LogP contribution in [0.3, 0.4) is 0 Å². The molecule has 0 aliphatic carbocycles. The molecule has 0 amide bonds. The normalized spacial score (nSPS) is 11.6. The molecular formula is C16H20N2S. The minimum absolute atomic E-state index is 0.174. The number of hydrogen-bond acceptors (Lipinski definition) is 2. The smallest absolute Gasteiger partial charge is 0.132 e. The zero-order valence-corrected chi connectivity index (χ0v) is 12.8. The molecule has 1 N–H and O–H groups in total. The summed E-state index contributed by atoms with van der Waals surface area (Å²) in [4.78, 5) is 8.05. The summed E-state index contributed by atoms with van der Waals surface area (Å²) in [7, 11) is 0. The van der Waals surface area contributed by atoms with Crippen LogP contribution < -0.4 is 0 Å². The standard InChI is InChI=1S/C16H20N2S/c1-5-13-11(2)14(19)18-15(17-13)16(3,4)12-9-7-6-8-10-12/h6-10H,5H2,1-4H3,(H,17,18,19). The number of nitrogens with one attached hydrogen (secondary N) is 1. The Hall–Kier alpha value is -1.48. The average molecular weight is 272 g/mol. The number of rotatable bonds is 3. The van der Waals surface area contributed by atoms with Gasteiger partial charge >= 0.3 is 0 Å². The van der Waals surface area contributed by atoms with E-state index in [1.165, 1.54) is 11.3 Å². The van der Waals surface area contributed by atoms with E-state index in [-0.39, 0.29) is 5.41 Å². The van der Waals surface area contributed by atoms with Crippen LogP contribution in [0.25, 0.3) is 0 Å². The second-order valence-electron chi connectivity index (χ2n) is 5.34. The predicted octanol–water partition coefficient (Wildman–Crippen LogP) is 4.34. The van der Waals surface area contributed by atoms with Crippen LogP contribution >= 0.6 is 12.2 Å². The Labute approximate surface area is 119 Å². The molecule has 0 saturated carbocycles. The van der Waals surface area contributed by atoms with Gasteiger partial charge in [-0.2, -0.15) is 0 Å². The van der Waals surface area contributed by atoms with Gasteiger partial charge < -0.3 is 4.98 Å². The summed E-state index contributed by atoms with van der Waals surface area (Å²) in [6.45, 7) is 8.51. The van der Waals surface area contributed by atoms with Gasteiger partial charge in [-0.05, 0) is 32.8 Å². The highest BCUT2D eigenvalue weighted by Gasteiger charge is 2.26. The largest absolute Gasteiger partial charge is 0.346 e. The molecule has 100 valence electrons. The summed E-state index contributed by atoms with van der Waals surface area (Å²) in [5, 5.41) is 0. The molecule has 0 saturated heterocycles. The highest BCUT2D eigenvalue weighted by molar-refractivity contribution is 7.71. The maximum Gasteiger partial charge on any atom is 0.132 e. The van der Waals surface area contributed by atoms with Crippen molar-refractivity contribution in [3.8, 4) is 0 Å². The number of aryl methyl sites for hydroxylation is 1. The van der Waals surface area contributed by atoms with Crippen molar-refractivity contribution in [2.24, 2.45) is 0 Å². The monoisotopic (exact) mass is 272 g/mol. The lowest BCUT2D eigenvalue weighted by molar-refractivity contribution is 0.582. The molecule has 0 aliphatic rings. The minimum Gasteiger partial charge on any atom is -0.346 e. The Bertz CT molecular complexity index is 627. The van der Waals surface area contributed by atoms with E-state index in [0.717, 1.165) is 17.8 Å². The van der Waals surface area contributed by atoms with Gasteiger partial charge in [0.15, 0.2) is 0 Å². The highest BCUT2D eigenvalue weighted by atomic mass is 32.1. The van der Waals surface area contributed by atoms with Gasteiger partial charge in [-0.25, -0.2) is 4.98 Å². The summed E-state index contributed by atoms with van der Waals surface area (Å²) in [5.74, 6) is 0.936. The number of benzene rings is 1. The first-order valence-electron chi connectivity index (χ1n) is 6.62. The van der Waals surface area contributed by atoms with Gasteiger partial charge in [0, 0.05) is 16.7 Å². The molecule has 1 aromatic heterocycles. The average Bonchev–Trinajstić information content (AvgIpc) is 2.42. The van der Waals surface area contributed by atoms with Gasteiger partial charge in [0.25, 0.3) is 0 Å². The second-order valence-corrected chi connectivity index (χ2v) is 5.73. The van der Waals surface area contributed by atoms with Crippen molar-refractivity contribution < 1.29 is 0 Å². The third-order valence-corrected chi connectivity index (χ3v) is 4.09. The topological polar surface area (TPSA) is 28.7 Å². The first kappa shape index (κ1) is 13.9. The van der Waals surface area contributed by atoms with E-state index in [9.17, 15) is 0 Å². The van der Waals surface area contributed by atoms with Crippen molar-refractivity contribution in [2.45, 2.75) is 39.5 Å². The summed E-state index contributed by atoms with van der Waals surface area (Å²) in [6, 6.07) is 10.4. The van der Waals surface area contributed by atoms with Gasteiger partial charge in [-0.15, -0.1) is 0 Å². The van der Waals surface area contributed by atoms with E-state index in [1.807, 2.05) is 13.0 Å². The molecule has 0 aliphatic heterocycles. The molecule has 2 rings (SSSR count). The molecule has 0 fully saturated rings. The molecule has 19 heavy (non-hydrogen) atoms. The van der Waals surface area contributed by atoms with Crippen molar-refractivity contribution in [2.75, 3.05) is 0 Å². The van der Waals surface area contributed by atoms with Crippen LogP contribution in [0, 0.1) is 11.6 Å². The van der Waals surface area contributed by atoms with Crippen molar-refractivity contribution >= 4 is 12.2 Å². The van der Waals surface area contributed by atoms with E-state index in [4.69, 9.17) is 12.2 Å². The van der Waals surface area contributed by atoms with Crippen LogP contribution in [-0.4, -0.2) is 9.97 Å². The van der Waals surface area contributed by atoms with Crippen LogP contribution in [0.5, 0.6) is 0 Å². The van der Waals surface area contributed by atoms with Crippen LogP contribution in [0.4, 0.5) is 0 Å². The molecule has 1 heterocycles. The Morgan fingerprint density at radius 1 is 1.21 bits per heavy atom. The van der Waals surface area contributed by atoms with E-state index in [2.05, 4.69) is 55.0 Å². The van der Waals surface area contributed by atoms with Gasteiger partial charge in [0.2, 0.25) is 0 Å². The molecule has 0 radical (unpaired) electrons. The molecule has 0 bridgehead atoms. The van der Waals surface area contributed by atoms with Crippen LogP contribution in [0.15, 0.2) is 30.3 Å². The number of H-pyrrole nitrogens is 1. The fourth-order valence-corrected chi connectivity index (χ4v) is 2.43. The fourth-order valence-electron chi connectivity index (χ4n) is 2.22. The number of hydrogen-bond donors (Lipinski definition) is 1. The maximum atomic E-state index is 5.38. The van der Waals surface area contributed by atoms with Crippen molar-refractivity contribution in [3.05, 3.63) is 57.6 Å².